The lowest BCUT2D eigenvalue weighted by atomic mass is 9.72. The largest absolute Gasteiger partial charge is 0.473 e. The summed E-state index contributed by atoms with van der Waals surface area (Å²) in [6, 6.07) is 5.92. The van der Waals surface area contributed by atoms with Crippen LogP contribution in [0, 0.1) is 11.3 Å². The van der Waals surface area contributed by atoms with Crippen molar-refractivity contribution in [1.29, 1.82) is 0 Å². The maximum absolute atomic E-state index is 6.07. The van der Waals surface area contributed by atoms with E-state index in [0.717, 1.165) is 34.3 Å². The standard InChI is InChI=1S/C18H23BrN2O/c1-18(2,3)12-4-7-14(8-5-12)22-17-11-20-16-10-13(19)6-9-15(16)21-17/h6,9-12,14H,4-5,7-8H2,1-3H3/t12-,14-. The first-order valence-electron chi connectivity index (χ1n) is 8.01. The zero-order chi connectivity index (χ0) is 15.7. The highest BCUT2D eigenvalue weighted by molar-refractivity contribution is 9.10. The first-order valence-corrected chi connectivity index (χ1v) is 8.80. The lowest BCUT2D eigenvalue weighted by Crippen LogP contribution is -2.30. The van der Waals surface area contributed by atoms with Crippen molar-refractivity contribution in [2.75, 3.05) is 0 Å². The molecule has 22 heavy (non-hydrogen) atoms. The van der Waals surface area contributed by atoms with Gasteiger partial charge in [-0.05, 0) is 55.2 Å². The maximum atomic E-state index is 6.07. The van der Waals surface area contributed by atoms with Gasteiger partial charge in [0.1, 0.15) is 6.10 Å². The van der Waals surface area contributed by atoms with Crippen LogP contribution in [0.3, 0.4) is 0 Å². The molecule has 0 unspecified atom stereocenters. The van der Waals surface area contributed by atoms with Gasteiger partial charge in [0.15, 0.2) is 0 Å². The van der Waals surface area contributed by atoms with Gasteiger partial charge in [0.25, 0.3) is 0 Å². The average molecular weight is 363 g/mol. The zero-order valence-corrected chi connectivity index (χ0v) is 15.1. The molecular weight excluding hydrogens is 340 g/mol. The fraction of sp³-hybridized carbons (Fsp3) is 0.556. The van der Waals surface area contributed by atoms with Gasteiger partial charge in [0, 0.05) is 4.47 Å². The third-order valence-corrected chi connectivity index (χ3v) is 5.16. The van der Waals surface area contributed by atoms with Crippen LogP contribution in [0.2, 0.25) is 0 Å². The molecule has 1 fully saturated rings. The van der Waals surface area contributed by atoms with Gasteiger partial charge in [-0.3, -0.25) is 0 Å². The summed E-state index contributed by atoms with van der Waals surface area (Å²) in [5, 5.41) is 0. The topological polar surface area (TPSA) is 35.0 Å². The number of halogens is 1. The summed E-state index contributed by atoms with van der Waals surface area (Å²) >= 11 is 3.45. The Morgan fingerprint density at radius 2 is 1.82 bits per heavy atom. The number of rotatable bonds is 2. The second kappa shape index (κ2) is 6.15. The molecule has 1 aliphatic rings. The van der Waals surface area contributed by atoms with Crippen molar-refractivity contribution < 1.29 is 4.74 Å². The predicted molar refractivity (Wildman–Crippen MR) is 93.1 cm³/mol. The van der Waals surface area contributed by atoms with Crippen molar-refractivity contribution in [3.63, 3.8) is 0 Å². The number of hydrogen-bond donors (Lipinski definition) is 0. The number of hydrogen-bond acceptors (Lipinski definition) is 3. The number of aromatic nitrogens is 2. The molecule has 1 saturated carbocycles. The minimum Gasteiger partial charge on any atom is -0.473 e. The van der Waals surface area contributed by atoms with Crippen LogP contribution >= 0.6 is 15.9 Å². The Morgan fingerprint density at radius 3 is 2.50 bits per heavy atom. The summed E-state index contributed by atoms with van der Waals surface area (Å²) < 4.78 is 7.09. The van der Waals surface area contributed by atoms with E-state index >= 15 is 0 Å². The molecule has 0 bridgehead atoms. The summed E-state index contributed by atoms with van der Waals surface area (Å²) in [7, 11) is 0. The fourth-order valence-corrected chi connectivity index (χ4v) is 3.59. The molecule has 1 aromatic carbocycles. The Morgan fingerprint density at radius 1 is 1.09 bits per heavy atom. The van der Waals surface area contributed by atoms with Crippen molar-refractivity contribution >= 4 is 27.0 Å². The third-order valence-electron chi connectivity index (χ3n) is 4.67. The van der Waals surface area contributed by atoms with Crippen LogP contribution < -0.4 is 4.74 Å². The molecule has 1 aromatic heterocycles. The molecule has 1 heterocycles. The molecule has 118 valence electrons. The van der Waals surface area contributed by atoms with E-state index in [1.165, 1.54) is 12.8 Å². The lowest BCUT2D eigenvalue weighted by Gasteiger charge is -2.36. The van der Waals surface area contributed by atoms with E-state index in [4.69, 9.17) is 4.74 Å². The zero-order valence-electron chi connectivity index (χ0n) is 13.5. The minimum atomic E-state index is 0.279. The van der Waals surface area contributed by atoms with Gasteiger partial charge in [-0.25, -0.2) is 9.97 Å². The smallest absolute Gasteiger partial charge is 0.233 e. The van der Waals surface area contributed by atoms with Gasteiger partial charge < -0.3 is 4.74 Å². The van der Waals surface area contributed by atoms with E-state index in [0.29, 0.717) is 11.3 Å². The van der Waals surface area contributed by atoms with Gasteiger partial charge in [-0.15, -0.1) is 0 Å². The number of benzene rings is 1. The number of ether oxygens (including phenoxy) is 1. The average Bonchev–Trinajstić information content (AvgIpc) is 2.47. The molecule has 1 aliphatic carbocycles. The van der Waals surface area contributed by atoms with Crippen LogP contribution in [0.4, 0.5) is 0 Å². The van der Waals surface area contributed by atoms with Crippen LogP contribution in [-0.2, 0) is 0 Å². The second-order valence-corrected chi connectivity index (χ2v) is 8.21. The molecule has 2 aromatic rings. The van der Waals surface area contributed by atoms with Crippen molar-refractivity contribution in [2.45, 2.75) is 52.6 Å². The molecule has 0 spiro atoms. The van der Waals surface area contributed by atoms with Crippen molar-refractivity contribution in [2.24, 2.45) is 11.3 Å². The molecule has 0 atom stereocenters. The van der Waals surface area contributed by atoms with Gasteiger partial charge in [0.05, 0.1) is 17.2 Å². The Kier molecular flexibility index (Phi) is 4.40. The molecule has 3 nitrogen and oxygen atoms in total. The van der Waals surface area contributed by atoms with Gasteiger partial charge >= 0.3 is 0 Å². The number of nitrogens with zero attached hydrogens (tertiary/aromatic N) is 2. The minimum absolute atomic E-state index is 0.279. The summed E-state index contributed by atoms with van der Waals surface area (Å²) in [5.74, 6) is 1.45. The number of fused-ring (bicyclic) bond motifs is 1. The molecule has 0 N–H and O–H groups in total. The quantitative estimate of drug-likeness (QED) is 0.719. The van der Waals surface area contributed by atoms with Crippen LogP contribution in [0.25, 0.3) is 11.0 Å². The maximum Gasteiger partial charge on any atom is 0.233 e. The molecule has 0 aliphatic heterocycles. The highest BCUT2D eigenvalue weighted by Crippen LogP contribution is 2.38. The SMILES string of the molecule is CC(C)(C)[C@H]1CC[C@H](Oc2cnc3cc(Br)ccc3n2)CC1. The van der Waals surface area contributed by atoms with Crippen LogP contribution in [0.5, 0.6) is 5.88 Å². The molecule has 0 amide bonds. The molecule has 4 heteroatoms. The molecule has 3 rings (SSSR count). The van der Waals surface area contributed by atoms with E-state index in [2.05, 4.69) is 46.7 Å². The predicted octanol–water partition coefficient (Wildman–Crippen LogP) is 5.38. The molecule has 0 saturated heterocycles. The van der Waals surface area contributed by atoms with E-state index in [9.17, 15) is 0 Å². The van der Waals surface area contributed by atoms with E-state index in [-0.39, 0.29) is 6.10 Å². The molecule has 0 radical (unpaired) electrons. The Hall–Kier alpha value is -1.16. The summed E-state index contributed by atoms with van der Waals surface area (Å²) in [5.41, 5.74) is 2.17. The Bertz CT molecular complexity index is 658. The van der Waals surface area contributed by atoms with Gasteiger partial charge in [0.2, 0.25) is 5.88 Å². The van der Waals surface area contributed by atoms with Crippen LogP contribution in [0.15, 0.2) is 28.9 Å². The monoisotopic (exact) mass is 362 g/mol. The first-order chi connectivity index (χ1) is 10.4. The normalized spacial score (nSPS) is 22.7. The highest BCUT2D eigenvalue weighted by atomic mass is 79.9. The highest BCUT2D eigenvalue weighted by Gasteiger charge is 2.30. The lowest BCUT2D eigenvalue weighted by molar-refractivity contribution is 0.0851. The summed E-state index contributed by atoms with van der Waals surface area (Å²) in [6.07, 6.45) is 6.72. The van der Waals surface area contributed by atoms with E-state index < -0.39 is 0 Å². The van der Waals surface area contributed by atoms with Crippen LogP contribution in [-0.4, -0.2) is 16.1 Å². The first kappa shape index (κ1) is 15.7. The third kappa shape index (κ3) is 3.60. The Balaban J connectivity index is 1.66. The van der Waals surface area contributed by atoms with Gasteiger partial charge in [-0.1, -0.05) is 36.7 Å². The molecular formula is C18H23BrN2O. The fourth-order valence-electron chi connectivity index (χ4n) is 3.24. The Labute approximate surface area is 140 Å². The van der Waals surface area contributed by atoms with Crippen LogP contribution in [0.1, 0.15) is 46.5 Å². The summed E-state index contributed by atoms with van der Waals surface area (Å²) in [6.45, 7) is 7.02. The van der Waals surface area contributed by atoms with Gasteiger partial charge in [-0.2, -0.15) is 0 Å². The summed E-state index contributed by atoms with van der Waals surface area (Å²) in [4.78, 5) is 9.02. The second-order valence-electron chi connectivity index (χ2n) is 7.30. The van der Waals surface area contributed by atoms with Crippen molar-refractivity contribution in [3.05, 3.63) is 28.9 Å². The van der Waals surface area contributed by atoms with E-state index in [1.54, 1.807) is 6.20 Å². The van der Waals surface area contributed by atoms with Crippen molar-refractivity contribution in [3.8, 4) is 5.88 Å². The van der Waals surface area contributed by atoms with Crippen molar-refractivity contribution in [1.82, 2.24) is 9.97 Å². The van der Waals surface area contributed by atoms with E-state index in [1.807, 2.05) is 18.2 Å².